The van der Waals surface area contributed by atoms with Crippen LogP contribution in [0.2, 0.25) is 0 Å². The number of hydrogen-bond acceptors (Lipinski definition) is 5. The van der Waals surface area contributed by atoms with Gasteiger partial charge in [-0.2, -0.15) is 0 Å². The second kappa shape index (κ2) is 10.2. The van der Waals surface area contributed by atoms with Crippen molar-refractivity contribution in [2.75, 3.05) is 33.4 Å². The van der Waals surface area contributed by atoms with E-state index in [1.54, 1.807) is 7.11 Å². The Bertz CT molecular complexity index is 624. The van der Waals surface area contributed by atoms with Crippen LogP contribution >= 0.6 is 12.4 Å². The zero-order valence-electron chi connectivity index (χ0n) is 17.1. The van der Waals surface area contributed by atoms with E-state index in [9.17, 15) is 4.79 Å². The molecule has 7 heteroatoms. The number of amides is 1. The molecule has 1 aromatic carbocycles. The van der Waals surface area contributed by atoms with Crippen molar-refractivity contribution in [2.24, 2.45) is 11.1 Å². The molecule has 1 heterocycles. The van der Waals surface area contributed by atoms with E-state index in [0.717, 1.165) is 25.1 Å². The van der Waals surface area contributed by atoms with E-state index >= 15 is 0 Å². The number of carbonyl (C=O) groups excluding carboxylic acids is 1. The Morgan fingerprint density at radius 3 is 2.70 bits per heavy atom. The molecule has 2 atom stereocenters. The van der Waals surface area contributed by atoms with E-state index < -0.39 is 0 Å². The molecule has 2 rings (SSSR count). The molecule has 1 saturated heterocycles. The van der Waals surface area contributed by atoms with Crippen LogP contribution in [0.5, 0.6) is 11.5 Å². The fraction of sp³-hybridized carbons (Fsp3) is 0.650. The topological polar surface area (TPSA) is 76.8 Å². The highest BCUT2D eigenvalue weighted by Gasteiger charge is 2.34. The molecule has 154 valence electrons. The second-order valence-electron chi connectivity index (χ2n) is 7.73. The summed E-state index contributed by atoms with van der Waals surface area (Å²) in [5.41, 5.74) is 7.19. The number of likely N-dealkylation sites (tertiary alicyclic amines) is 1. The third-order valence-electron chi connectivity index (χ3n) is 5.12. The predicted octanol–water partition coefficient (Wildman–Crippen LogP) is 2.75. The molecular weight excluding hydrogens is 366 g/mol. The number of carbonyl (C=O) groups is 1. The minimum atomic E-state index is -0.105. The minimum Gasteiger partial charge on any atom is -0.493 e. The zero-order chi connectivity index (χ0) is 19.3. The van der Waals surface area contributed by atoms with Crippen molar-refractivity contribution in [2.45, 2.75) is 46.2 Å². The van der Waals surface area contributed by atoms with Gasteiger partial charge in [-0.3, -0.25) is 9.69 Å². The Kier molecular flexibility index (Phi) is 8.85. The normalized spacial score (nSPS) is 20.3. The first-order chi connectivity index (χ1) is 12.3. The van der Waals surface area contributed by atoms with Crippen LogP contribution in [0.1, 0.15) is 45.7 Å². The molecule has 1 aromatic rings. The summed E-state index contributed by atoms with van der Waals surface area (Å²) in [6, 6.07) is 5.85. The molecule has 1 amide bonds. The summed E-state index contributed by atoms with van der Waals surface area (Å²) in [5.74, 6) is 1.41. The van der Waals surface area contributed by atoms with Crippen molar-refractivity contribution in [3.63, 3.8) is 0 Å². The second-order valence-corrected chi connectivity index (χ2v) is 7.73. The van der Waals surface area contributed by atoms with Crippen molar-refractivity contribution in [3.05, 3.63) is 23.8 Å². The molecule has 0 radical (unpaired) electrons. The average Bonchev–Trinajstić information content (AvgIpc) is 2.58. The highest BCUT2D eigenvalue weighted by atomic mass is 35.5. The lowest BCUT2D eigenvalue weighted by atomic mass is 9.80. The number of ether oxygens (including phenoxy) is 2. The van der Waals surface area contributed by atoms with Crippen molar-refractivity contribution in [1.29, 1.82) is 0 Å². The van der Waals surface area contributed by atoms with Crippen molar-refractivity contribution in [3.8, 4) is 11.5 Å². The molecule has 0 bridgehead atoms. The molecule has 1 fully saturated rings. The van der Waals surface area contributed by atoms with Gasteiger partial charge in [0.2, 0.25) is 5.91 Å². The maximum Gasteiger partial charge on any atom is 0.234 e. The largest absolute Gasteiger partial charge is 0.493 e. The fourth-order valence-corrected chi connectivity index (χ4v) is 3.42. The van der Waals surface area contributed by atoms with Crippen LogP contribution in [0, 0.1) is 5.41 Å². The Morgan fingerprint density at radius 1 is 1.41 bits per heavy atom. The quantitative estimate of drug-likeness (QED) is 0.737. The lowest BCUT2D eigenvalue weighted by Gasteiger charge is -2.42. The summed E-state index contributed by atoms with van der Waals surface area (Å²) in [7, 11) is 1.62. The molecule has 1 aliphatic heterocycles. The van der Waals surface area contributed by atoms with Crippen molar-refractivity contribution in [1.82, 2.24) is 10.2 Å². The van der Waals surface area contributed by atoms with E-state index in [1.807, 2.05) is 32.0 Å². The number of benzene rings is 1. The number of methoxy groups -OCH3 is 1. The highest BCUT2D eigenvalue weighted by molar-refractivity contribution is 5.85. The van der Waals surface area contributed by atoms with Gasteiger partial charge in [0.1, 0.15) is 0 Å². The molecule has 0 spiro atoms. The summed E-state index contributed by atoms with van der Waals surface area (Å²) in [4.78, 5) is 14.7. The third kappa shape index (κ3) is 6.26. The molecule has 1 aliphatic rings. The third-order valence-corrected chi connectivity index (χ3v) is 5.12. The van der Waals surface area contributed by atoms with Gasteiger partial charge in [-0.25, -0.2) is 0 Å². The van der Waals surface area contributed by atoms with E-state index in [1.165, 1.54) is 0 Å². The van der Waals surface area contributed by atoms with E-state index in [2.05, 4.69) is 24.1 Å². The lowest BCUT2D eigenvalue weighted by molar-refractivity contribution is -0.123. The van der Waals surface area contributed by atoms with Gasteiger partial charge in [-0.1, -0.05) is 19.9 Å². The van der Waals surface area contributed by atoms with Crippen LogP contribution in [0.25, 0.3) is 0 Å². The zero-order valence-corrected chi connectivity index (χ0v) is 17.9. The molecule has 0 aromatic heterocycles. The van der Waals surface area contributed by atoms with Crippen molar-refractivity contribution < 1.29 is 14.3 Å². The SMILES string of the molecule is CCOc1ccc(C(C)NC(=O)CN2CCC(N)C(C)(C)C2)cc1OC.Cl. The maximum absolute atomic E-state index is 12.5. The first-order valence-electron chi connectivity index (χ1n) is 9.35. The summed E-state index contributed by atoms with van der Waals surface area (Å²) in [5, 5.41) is 3.08. The summed E-state index contributed by atoms with van der Waals surface area (Å²) >= 11 is 0. The van der Waals surface area contributed by atoms with Crippen LogP contribution in [-0.2, 0) is 4.79 Å². The molecule has 3 N–H and O–H groups in total. The highest BCUT2D eigenvalue weighted by Crippen LogP contribution is 2.30. The molecule has 0 saturated carbocycles. The van der Waals surface area contributed by atoms with Crippen LogP contribution < -0.4 is 20.5 Å². The van der Waals surface area contributed by atoms with Crippen LogP contribution in [0.3, 0.4) is 0 Å². The van der Waals surface area contributed by atoms with Gasteiger partial charge in [0.25, 0.3) is 0 Å². The van der Waals surface area contributed by atoms with Crippen LogP contribution in [-0.4, -0.2) is 50.2 Å². The number of hydrogen-bond donors (Lipinski definition) is 2. The van der Waals surface area contributed by atoms with E-state index in [-0.39, 0.29) is 35.8 Å². The first kappa shape index (κ1) is 23.5. The van der Waals surface area contributed by atoms with Gasteiger partial charge in [0, 0.05) is 19.1 Å². The molecular formula is C20H34ClN3O3. The number of halogens is 1. The lowest BCUT2D eigenvalue weighted by Crippen LogP contribution is -2.54. The Balaban J connectivity index is 0.00000364. The number of nitrogens with zero attached hydrogens (tertiary/aromatic N) is 1. The smallest absolute Gasteiger partial charge is 0.234 e. The maximum atomic E-state index is 12.5. The predicted molar refractivity (Wildman–Crippen MR) is 111 cm³/mol. The van der Waals surface area contributed by atoms with Gasteiger partial charge < -0.3 is 20.5 Å². The molecule has 6 nitrogen and oxygen atoms in total. The molecule has 2 unspecified atom stereocenters. The Labute approximate surface area is 169 Å². The standard InChI is InChI=1S/C20H33N3O3.ClH/c1-6-26-16-8-7-15(11-17(16)25-5)14(2)22-19(24)12-23-10-9-18(21)20(3,4)13-23;/h7-8,11,14,18H,6,9-10,12-13,21H2,1-5H3,(H,22,24);1H. The first-order valence-corrected chi connectivity index (χ1v) is 9.35. The number of nitrogens with two attached hydrogens (primary N) is 1. The van der Waals surface area contributed by atoms with Gasteiger partial charge in [0.15, 0.2) is 11.5 Å². The van der Waals surface area contributed by atoms with Crippen LogP contribution in [0.4, 0.5) is 0 Å². The Morgan fingerprint density at radius 2 is 2.11 bits per heavy atom. The number of nitrogens with one attached hydrogen (secondary N) is 1. The van der Waals surface area contributed by atoms with Gasteiger partial charge >= 0.3 is 0 Å². The summed E-state index contributed by atoms with van der Waals surface area (Å²) in [6.45, 7) is 10.9. The average molecular weight is 400 g/mol. The van der Waals surface area contributed by atoms with Gasteiger partial charge in [-0.15, -0.1) is 12.4 Å². The van der Waals surface area contributed by atoms with Crippen LogP contribution in [0.15, 0.2) is 18.2 Å². The summed E-state index contributed by atoms with van der Waals surface area (Å²) < 4.78 is 10.9. The van der Waals surface area contributed by atoms with E-state index in [0.29, 0.717) is 24.7 Å². The Hall–Kier alpha value is -1.50. The molecule has 27 heavy (non-hydrogen) atoms. The van der Waals surface area contributed by atoms with Crippen molar-refractivity contribution >= 4 is 18.3 Å². The fourth-order valence-electron chi connectivity index (χ4n) is 3.42. The summed E-state index contributed by atoms with van der Waals surface area (Å²) in [6.07, 6.45) is 0.923. The van der Waals surface area contributed by atoms with Gasteiger partial charge in [0.05, 0.1) is 26.3 Å². The van der Waals surface area contributed by atoms with Gasteiger partial charge in [-0.05, 0) is 43.4 Å². The molecule has 0 aliphatic carbocycles. The monoisotopic (exact) mass is 399 g/mol. The van der Waals surface area contributed by atoms with E-state index in [4.69, 9.17) is 15.2 Å². The minimum absolute atomic E-state index is 0. The number of piperidine rings is 1. The number of rotatable bonds is 7.